The summed E-state index contributed by atoms with van der Waals surface area (Å²) in [6.07, 6.45) is 2.56. The molecule has 2 amide bonds. The highest BCUT2D eigenvalue weighted by Crippen LogP contribution is 2.39. The highest BCUT2D eigenvalue weighted by molar-refractivity contribution is 6.36. The molecule has 2 fully saturated rings. The lowest BCUT2D eigenvalue weighted by Gasteiger charge is -2.26. The van der Waals surface area contributed by atoms with E-state index in [1.54, 1.807) is 17.0 Å². The van der Waals surface area contributed by atoms with Gasteiger partial charge in [-0.25, -0.2) is 13.8 Å². The topological polar surface area (TPSA) is 98.6 Å². The van der Waals surface area contributed by atoms with Crippen LogP contribution in [0.4, 0.5) is 14.7 Å². The third-order valence-corrected chi connectivity index (χ3v) is 7.29. The zero-order valence-electron chi connectivity index (χ0n) is 21.1. The highest BCUT2D eigenvalue weighted by Gasteiger charge is 2.29. The summed E-state index contributed by atoms with van der Waals surface area (Å²) in [6.45, 7) is 5.61. The van der Waals surface area contributed by atoms with Crippen LogP contribution in [0.3, 0.4) is 0 Å². The molecule has 1 aromatic carbocycles. The quantitative estimate of drug-likeness (QED) is 0.400. The maximum absolute atomic E-state index is 13.2. The minimum Gasteiger partial charge on any atom is -0.486 e. The predicted octanol–water partition coefficient (Wildman–Crippen LogP) is 5.18. The van der Waals surface area contributed by atoms with Crippen LogP contribution in [0.15, 0.2) is 43.1 Å². The van der Waals surface area contributed by atoms with Crippen molar-refractivity contribution in [3.63, 3.8) is 0 Å². The Morgan fingerprint density at radius 2 is 2.10 bits per heavy atom. The molecule has 0 unspecified atom stereocenters. The first kappa shape index (κ1) is 27.0. The molecule has 39 heavy (non-hydrogen) atoms. The summed E-state index contributed by atoms with van der Waals surface area (Å²) in [5, 5.41) is 3.10. The number of hydrogen-bond donors (Lipinski definition) is 1. The average Bonchev–Trinajstić information content (AvgIpc) is 3.51. The fraction of sp³-hybridized carbons (Fsp3) is 0.407. The van der Waals surface area contributed by atoms with Gasteiger partial charge in [-0.1, -0.05) is 18.2 Å². The van der Waals surface area contributed by atoms with Crippen molar-refractivity contribution in [3.8, 4) is 5.75 Å². The van der Waals surface area contributed by atoms with E-state index in [9.17, 15) is 18.4 Å². The lowest BCUT2D eigenvalue weighted by atomic mass is 10.1. The summed E-state index contributed by atoms with van der Waals surface area (Å²) in [6, 6.07) is 5.60. The number of benzene rings is 1. The molecule has 0 radical (unpaired) electrons. The van der Waals surface area contributed by atoms with Crippen molar-refractivity contribution >= 4 is 40.4 Å². The van der Waals surface area contributed by atoms with Crippen LogP contribution >= 0.6 is 11.6 Å². The number of carbonyl (C=O) groups is 2. The lowest BCUT2D eigenvalue weighted by molar-refractivity contribution is -0.126. The summed E-state index contributed by atoms with van der Waals surface area (Å²) < 4.78 is 39.7. The smallest absolute Gasteiger partial charge is 0.280 e. The Morgan fingerprint density at radius 1 is 1.26 bits per heavy atom. The van der Waals surface area contributed by atoms with E-state index in [1.807, 2.05) is 4.57 Å². The molecule has 0 bridgehead atoms. The van der Waals surface area contributed by atoms with E-state index in [1.165, 1.54) is 12.1 Å². The molecule has 2 aromatic heterocycles. The van der Waals surface area contributed by atoms with Crippen molar-refractivity contribution in [3.05, 3.63) is 59.4 Å². The summed E-state index contributed by atoms with van der Waals surface area (Å²) in [7, 11) is 0. The van der Waals surface area contributed by atoms with Crippen molar-refractivity contribution in [2.45, 2.75) is 44.3 Å². The normalized spacial score (nSPS) is 19.7. The van der Waals surface area contributed by atoms with Crippen molar-refractivity contribution in [1.82, 2.24) is 19.4 Å². The van der Waals surface area contributed by atoms with Gasteiger partial charge in [-0.15, -0.1) is 0 Å². The van der Waals surface area contributed by atoms with Gasteiger partial charge < -0.3 is 18.9 Å². The second-order valence-electron chi connectivity index (χ2n) is 9.52. The number of ether oxygens (including phenoxy) is 2. The Balaban J connectivity index is 1.57. The van der Waals surface area contributed by atoms with Crippen molar-refractivity contribution in [1.29, 1.82) is 0 Å². The zero-order chi connectivity index (χ0) is 27.5. The number of nitrogens with zero attached hydrogens (tertiary/aromatic N) is 4. The van der Waals surface area contributed by atoms with E-state index in [4.69, 9.17) is 21.1 Å². The molecular weight excluding hydrogens is 532 g/mol. The zero-order valence-corrected chi connectivity index (χ0v) is 21.9. The summed E-state index contributed by atoms with van der Waals surface area (Å²) >= 11 is 6.91. The first-order chi connectivity index (χ1) is 18.9. The minimum atomic E-state index is -2.82. The monoisotopic (exact) mass is 559 g/mol. The first-order valence-electron chi connectivity index (χ1n) is 12.8. The Hall–Kier alpha value is -3.57. The van der Waals surface area contributed by atoms with Crippen molar-refractivity contribution in [2.24, 2.45) is 0 Å². The van der Waals surface area contributed by atoms with E-state index in [0.29, 0.717) is 54.5 Å². The number of rotatable bonds is 7. The van der Waals surface area contributed by atoms with Crippen LogP contribution < -0.4 is 10.1 Å². The summed E-state index contributed by atoms with van der Waals surface area (Å²) in [5.74, 6) is -0.169. The molecule has 206 valence electrons. The maximum atomic E-state index is 13.2. The van der Waals surface area contributed by atoms with Gasteiger partial charge >= 0.3 is 0 Å². The molecule has 4 heterocycles. The van der Waals surface area contributed by atoms with E-state index in [0.717, 1.165) is 31.5 Å². The van der Waals surface area contributed by atoms with Crippen LogP contribution in [0.5, 0.6) is 5.75 Å². The van der Waals surface area contributed by atoms with Crippen LogP contribution in [0, 0.1) is 0 Å². The number of aromatic nitrogens is 3. The Morgan fingerprint density at radius 3 is 2.85 bits per heavy atom. The molecule has 5 rings (SSSR count). The van der Waals surface area contributed by atoms with E-state index in [2.05, 4.69) is 21.9 Å². The molecule has 0 spiro atoms. The molecule has 12 heteroatoms. The number of nitrogens with one attached hydrogen (secondary N) is 1. The molecule has 2 aliphatic heterocycles. The van der Waals surface area contributed by atoms with Gasteiger partial charge in [0.15, 0.2) is 0 Å². The molecule has 0 saturated carbocycles. The number of imidazole rings is 1. The fourth-order valence-corrected chi connectivity index (χ4v) is 5.29. The van der Waals surface area contributed by atoms with Crippen LogP contribution in [0.2, 0.25) is 5.02 Å². The van der Waals surface area contributed by atoms with Gasteiger partial charge in [0.25, 0.3) is 12.3 Å². The maximum Gasteiger partial charge on any atom is 0.280 e. The Bertz CT molecular complexity index is 1390. The average molecular weight is 560 g/mol. The lowest BCUT2D eigenvalue weighted by Crippen LogP contribution is -2.34. The molecule has 3 aromatic rings. The molecular formula is C27H28ClF2N5O4. The van der Waals surface area contributed by atoms with Gasteiger partial charge in [0.05, 0.1) is 30.3 Å². The van der Waals surface area contributed by atoms with E-state index >= 15 is 0 Å². The third kappa shape index (κ3) is 5.74. The number of carbonyl (C=O) groups excluding carboxylic acids is 2. The first-order valence-corrected chi connectivity index (χ1v) is 13.1. The van der Waals surface area contributed by atoms with Crippen LogP contribution in [0.25, 0.3) is 11.0 Å². The highest BCUT2D eigenvalue weighted by atomic mass is 35.5. The number of pyridine rings is 1. The molecule has 0 aliphatic carbocycles. The number of hydrogen-bond acceptors (Lipinski definition) is 6. The predicted molar refractivity (Wildman–Crippen MR) is 141 cm³/mol. The number of alkyl halides is 2. The van der Waals surface area contributed by atoms with Gasteiger partial charge in [-0.3, -0.25) is 19.9 Å². The van der Waals surface area contributed by atoms with Crippen LogP contribution in [-0.4, -0.2) is 63.7 Å². The summed E-state index contributed by atoms with van der Waals surface area (Å²) in [4.78, 5) is 35.7. The molecule has 1 N–H and O–H groups in total. The number of fused-ring (bicyclic) bond motifs is 1. The molecule has 2 aliphatic rings. The SMILES string of the molecule is C=CC(=O)N1CCCC[C@@H](n2c(NC(=O)c3ccnc(C(F)F)c3)nc3ccc(O[C@@H]4CCOC4)c(Cl)c32)C1. The minimum absolute atomic E-state index is 0.0135. The van der Waals surface area contributed by atoms with Gasteiger partial charge in [0.1, 0.15) is 22.6 Å². The second kappa shape index (κ2) is 11.7. The number of likely N-dealkylation sites (tertiary alicyclic amines) is 1. The number of anilines is 1. The third-order valence-electron chi connectivity index (χ3n) is 6.93. The fourth-order valence-electron chi connectivity index (χ4n) is 4.99. The van der Waals surface area contributed by atoms with Crippen molar-refractivity contribution < 1.29 is 27.8 Å². The standard InChI is InChI=1S/C27H28ClF2N5O4/c1-2-22(36)34-11-4-3-5-17(14-34)35-24-19(6-7-21(23(24)28)39-18-9-12-38-15-18)32-27(35)33-26(37)16-8-10-31-20(13-16)25(29)30/h2,6-8,10,13,17-18,25H,1,3-5,9,11-12,14-15H2,(H,32,33,37)/t17-,18-/m1/s1. The molecule has 2 saturated heterocycles. The number of halogens is 3. The molecule has 9 nitrogen and oxygen atoms in total. The van der Waals surface area contributed by atoms with Gasteiger partial charge in [0, 0.05) is 31.3 Å². The Kier molecular flexibility index (Phi) is 8.08. The van der Waals surface area contributed by atoms with Crippen LogP contribution in [-0.2, 0) is 9.53 Å². The van der Waals surface area contributed by atoms with Gasteiger partial charge in [-0.05, 0) is 49.6 Å². The van der Waals surface area contributed by atoms with Crippen molar-refractivity contribution in [2.75, 3.05) is 31.6 Å². The second-order valence-corrected chi connectivity index (χ2v) is 9.89. The number of amides is 2. The van der Waals surface area contributed by atoms with Gasteiger partial charge in [0.2, 0.25) is 11.9 Å². The largest absolute Gasteiger partial charge is 0.486 e. The summed E-state index contributed by atoms with van der Waals surface area (Å²) in [5.41, 5.74) is 0.572. The van der Waals surface area contributed by atoms with E-state index < -0.39 is 18.0 Å². The van der Waals surface area contributed by atoms with Crippen LogP contribution in [0.1, 0.15) is 54.2 Å². The Labute approximate surface area is 228 Å². The molecule has 2 atom stereocenters. The van der Waals surface area contributed by atoms with Gasteiger partial charge in [-0.2, -0.15) is 0 Å². The van der Waals surface area contributed by atoms with E-state index in [-0.39, 0.29) is 29.6 Å².